The highest BCUT2D eigenvalue weighted by atomic mass is 16.5. The average molecular weight is 346 g/mol. The molecule has 0 aliphatic heterocycles. The topological polar surface area (TPSA) is 46.5 Å². The summed E-state index contributed by atoms with van der Waals surface area (Å²) in [7, 11) is 0. The van der Waals surface area contributed by atoms with Gasteiger partial charge >= 0.3 is 5.97 Å². The molecule has 3 nitrogen and oxygen atoms in total. The van der Waals surface area contributed by atoms with E-state index in [0.717, 1.165) is 16.7 Å². The molecule has 1 N–H and O–H groups in total. The van der Waals surface area contributed by atoms with Crippen LogP contribution in [0.5, 0.6) is 5.75 Å². The van der Waals surface area contributed by atoms with Crippen molar-refractivity contribution in [2.75, 3.05) is 0 Å². The smallest absolute Gasteiger partial charge is 0.318 e. The quantitative estimate of drug-likeness (QED) is 0.651. The van der Waals surface area contributed by atoms with Gasteiger partial charge in [0, 0.05) is 5.56 Å². The first-order valence-electron chi connectivity index (χ1n) is 8.70. The van der Waals surface area contributed by atoms with Gasteiger partial charge in [-0.3, -0.25) is 4.79 Å². The fourth-order valence-electron chi connectivity index (χ4n) is 2.98. The molecule has 0 saturated carbocycles. The number of phenols is 1. The molecular weight excluding hydrogens is 324 g/mol. The van der Waals surface area contributed by atoms with Crippen LogP contribution in [0.4, 0.5) is 0 Å². The predicted octanol–water partition coefficient (Wildman–Crippen LogP) is 5.14. The van der Waals surface area contributed by atoms with E-state index < -0.39 is 5.92 Å². The van der Waals surface area contributed by atoms with Crippen molar-refractivity contribution in [3.63, 3.8) is 0 Å². The summed E-state index contributed by atoms with van der Waals surface area (Å²) in [6.07, 6.45) is -0.229. The third-order valence-corrected chi connectivity index (χ3v) is 4.17. The molecule has 0 aliphatic carbocycles. The van der Waals surface area contributed by atoms with Crippen molar-refractivity contribution in [2.45, 2.75) is 25.9 Å². The lowest BCUT2D eigenvalue weighted by Gasteiger charge is -2.20. The van der Waals surface area contributed by atoms with Gasteiger partial charge in [0.2, 0.25) is 0 Å². The van der Waals surface area contributed by atoms with Gasteiger partial charge in [0.05, 0.1) is 6.10 Å². The van der Waals surface area contributed by atoms with Gasteiger partial charge in [-0.2, -0.15) is 0 Å². The maximum Gasteiger partial charge on any atom is 0.318 e. The minimum Gasteiger partial charge on any atom is -0.508 e. The first-order chi connectivity index (χ1) is 12.6. The highest BCUT2D eigenvalue weighted by Gasteiger charge is 2.28. The highest BCUT2D eigenvalue weighted by molar-refractivity contribution is 5.84. The minimum absolute atomic E-state index is 0.0826. The molecular formula is C23H22O3. The molecule has 0 aliphatic rings. The standard InChI is InChI=1S/C23H22O3/c1-16(2)26-23(25)22(18-11-7-4-8-12-18)20-15-19(13-14-21(20)24)17-9-5-3-6-10-17/h3-16,22,24H,1-2H3. The van der Waals surface area contributed by atoms with Crippen LogP contribution >= 0.6 is 0 Å². The molecule has 0 spiro atoms. The third kappa shape index (κ3) is 3.94. The number of rotatable bonds is 5. The van der Waals surface area contributed by atoms with Gasteiger partial charge in [0.1, 0.15) is 11.7 Å². The Morgan fingerprint density at radius 1 is 0.846 bits per heavy atom. The lowest BCUT2D eigenvalue weighted by Crippen LogP contribution is -2.21. The van der Waals surface area contributed by atoms with E-state index >= 15 is 0 Å². The number of esters is 1. The molecule has 0 bridgehead atoms. The number of benzene rings is 3. The second-order valence-corrected chi connectivity index (χ2v) is 6.47. The highest BCUT2D eigenvalue weighted by Crippen LogP contribution is 2.35. The summed E-state index contributed by atoms with van der Waals surface area (Å²) < 4.78 is 5.47. The number of carbonyl (C=O) groups excluding carboxylic acids is 1. The van der Waals surface area contributed by atoms with Crippen LogP contribution in [0.2, 0.25) is 0 Å². The van der Waals surface area contributed by atoms with Gasteiger partial charge in [-0.25, -0.2) is 0 Å². The molecule has 132 valence electrons. The van der Waals surface area contributed by atoms with Crippen LogP contribution in [0.15, 0.2) is 78.9 Å². The van der Waals surface area contributed by atoms with Crippen LogP contribution in [-0.4, -0.2) is 17.2 Å². The van der Waals surface area contributed by atoms with Crippen LogP contribution in [0.3, 0.4) is 0 Å². The van der Waals surface area contributed by atoms with Gasteiger partial charge in [-0.05, 0) is 42.7 Å². The number of phenolic OH excluding ortho intramolecular Hbond substituents is 1. The second-order valence-electron chi connectivity index (χ2n) is 6.47. The van der Waals surface area contributed by atoms with E-state index in [1.165, 1.54) is 0 Å². The van der Waals surface area contributed by atoms with E-state index in [-0.39, 0.29) is 17.8 Å². The van der Waals surface area contributed by atoms with E-state index in [4.69, 9.17) is 4.74 Å². The maximum atomic E-state index is 12.8. The van der Waals surface area contributed by atoms with Crippen LogP contribution < -0.4 is 0 Å². The predicted molar refractivity (Wildman–Crippen MR) is 103 cm³/mol. The fraction of sp³-hybridized carbons (Fsp3) is 0.174. The molecule has 3 aromatic rings. The Morgan fingerprint density at radius 2 is 1.46 bits per heavy atom. The normalized spacial score (nSPS) is 12.0. The van der Waals surface area contributed by atoms with Gasteiger partial charge in [-0.15, -0.1) is 0 Å². The molecule has 0 amide bonds. The third-order valence-electron chi connectivity index (χ3n) is 4.17. The van der Waals surface area contributed by atoms with E-state index in [1.807, 2.05) is 86.6 Å². The molecule has 3 heteroatoms. The van der Waals surface area contributed by atoms with Gasteiger partial charge in [0.15, 0.2) is 0 Å². The Labute approximate surface area is 153 Å². The Morgan fingerprint density at radius 3 is 2.08 bits per heavy atom. The van der Waals surface area contributed by atoms with E-state index in [2.05, 4.69) is 0 Å². The Kier molecular flexibility index (Phi) is 5.37. The minimum atomic E-state index is -0.678. The maximum absolute atomic E-state index is 12.8. The van der Waals surface area contributed by atoms with Gasteiger partial charge in [0.25, 0.3) is 0 Å². The Hall–Kier alpha value is -3.07. The number of hydrogen-bond donors (Lipinski definition) is 1. The number of ether oxygens (including phenoxy) is 1. The Balaban J connectivity index is 2.10. The summed E-state index contributed by atoms with van der Waals surface area (Å²) in [4.78, 5) is 12.8. The van der Waals surface area contributed by atoms with Crippen LogP contribution in [0.1, 0.15) is 30.9 Å². The Bertz CT molecular complexity index is 870. The molecule has 0 fully saturated rings. The van der Waals surface area contributed by atoms with E-state index in [1.54, 1.807) is 6.07 Å². The lowest BCUT2D eigenvalue weighted by atomic mass is 9.88. The summed E-state index contributed by atoms with van der Waals surface area (Å²) in [5.41, 5.74) is 3.30. The largest absolute Gasteiger partial charge is 0.508 e. The van der Waals surface area contributed by atoms with E-state index in [9.17, 15) is 9.90 Å². The van der Waals surface area contributed by atoms with Crippen molar-refractivity contribution in [1.29, 1.82) is 0 Å². The molecule has 3 rings (SSSR count). The zero-order chi connectivity index (χ0) is 18.5. The summed E-state index contributed by atoms with van der Waals surface area (Å²) in [6.45, 7) is 3.64. The zero-order valence-corrected chi connectivity index (χ0v) is 14.9. The first kappa shape index (κ1) is 17.7. The summed E-state index contributed by atoms with van der Waals surface area (Å²) in [6, 6.07) is 24.6. The summed E-state index contributed by atoms with van der Waals surface area (Å²) >= 11 is 0. The molecule has 3 aromatic carbocycles. The molecule has 0 heterocycles. The second kappa shape index (κ2) is 7.87. The van der Waals surface area contributed by atoms with Crippen molar-refractivity contribution in [3.05, 3.63) is 90.0 Å². The zero-order valence-electron chi connectivity index (χ0n) is 14.9. The summed E-state index contributed by atoms with van der Waals surface area (Å²) in [5.74, 6) is -0.965. The lowest BCUT2D eigenvalue weighted by molar-refractivity contribution is -0.148. The fourth-order valence-corrected chi connectivity index (χ4v) is 2.98. The van der Waals surface area contributed by atoms with Crippen molar-refractivity contribution in [3.8, 4) is 16.9 Å². The van der Waals surface area contributed by atoms with Crippen molar-refractivity contribution < 1.29 is 14.6 Å². The average Bonchev–Trinajstić information content (AvgIpc) is 2.64. The summed E-state index contributed by atoms with van der Waals surface area (Å²) in [5, 5.41) is 10.5. The molecule has 1 atom stereocenters. The molecule has 0 aromatic heterocycles. The van der Waals surface area contributed by atoms with Crippen molar-refractivity contribution in [2.24, 2.45) is 0 Å². The molecule has 26 heavy (non-hydrogen) atoms. The molecule has 0 radical (unpaired) electrons. The van der Waals surface area contributed by atoms with Crippen molar-refractivity contribution in [1.82, 2.24) is 0 Å². The van der Waals surface area contributed by atoms with Gasteiger partial charge in [-0.1, -0.05) is 66.7 Å². The number of carbonyl (C=O) groups is 1. The SMILES string of the molecule is CC(C)OC(=O)C(c1ccccc1)c1cc(-c2ccccc2)ccc1O. The number of hydrogen-bond acceptors (Lipinski definition) is 3. The van der Waals surface area contributed by atoms with Gasteiger partial charge < -0.3 is 9.84 Å². The monoisotopic (exact) mass is 346 g/mol. The van der Waals surface area contributed by atoms with Crippen LogP contribution in [-0.2, 0) is 9.53 Å². The molecule has 1 unspecified atom stereocenters. The molecule has 0 saturated heterocycles. The van der Waals surface area contributed by atoms with E-state index in [0.29, 0.717) is 5.56 Å². The van der Waals surface area contributed by atoms with Crippen LogP contribution in [0.25, 0.3) is 11.1 Å². The first-order valence-corrected chi connectivity index (χ1v) is 8.70. The van der Waals surface area contributed by atoms with Crippen molar-refractivity contribution >= 4 is 5.97 Å². The van der Waals surface area contributed by atoms with Crippen LogP contribution in [0, 0.1) is 0 Å². The number of aromatic hydroxyl groups is 1.